The molecule has 0 radical (unpaired) electrons. The van der Waals surface area contributed by atoms with Crippen LogP contribution in [0.15, 0.2) is 30.5 Å². The highest BCUT2D eigenvalue weighted by Gasteiger charge is 2.16. The highest BCUT2D eigenvalue weighted by atomic mass is 35.5. The molecule has 4 aromatic rings. The lowest BCUT2D eigenvalue weighted by molar-refractivity contribution is 0.853. The van der Waals surface area contributed by atoms with Gasteiger partial charge in [-0.05, 0) is 11.6 Å². The predicted octanol–water partition coefficient (Wildman–Crippen LogP) is 3.47. The summed E-state index contributed by atoms with van der Waals surface area (Å²) < 4.78 is 1.71. The van der Waals surface area contributed by atoms with Crippen LogP contribution in [0.4, 0.5) is 0 Å². The van der Waals surface area contributed by atoms with E-state index in [1.807, 2.05) is 24.3 Å². The van der Waals surface area contributed by atoms with Crippen molar-refractivity contribution in [1.82, 2.24) is 30.0 Å². The number of hydrogen-bond acceptors (Lipinski definition) is 5. The van der Waals surface area contributed by atoms with Gasteiger partial charge in [-0.2, -0.15) is 14.7 Å². The Kier molecular flexibility index (Phi) is 3.33. The summed E-state index contributed by atoms with van der Waals surface area (Å²) in [4.78, 5) is 0.697. The molecule has 1 aromatic carbocycles. The van der Waals surface area contributed by atoms with E-state index in [9.17, 15) is 0 Å². The molecule has 0 spiro atoms. The summed E-state index contributed by atoms with van der Waals surface area (Å²) >= 11 is 13.7. The summed E-state index contributed by atoms with van der Waals surface area (Å²) in [7, 11) is 0. The molecule has 0 amide bonds. The molecule has 22 heavy (non-hydrogen) atoms. The fourth-order valence-electron chi connectivity index (χ4n) is 2.10. The first kappa shape index (κ1) is 13.7. The number of aromatic nitrogens is 6. The molecule has 0 bridgehead atoms. The van der Waals surface area contributed by atoms with E-state index >= 15 is 0 Å². The number of halogens is 2. The summed E-state index contributed by atoms with van der Waals surface area (Å²) in [5.41, 5.74) is 1.66. The molecule has 0 unspecified atom stereocenters. The van der Waals surface area contributed by atoms with Gasteiger partial charge >= 0.3 is 0 Å². The normalized spacial score (nSPS) is 11.4. The number of rotatable bonds is 3. The Bertz CT molecular complexity index is 956. The van der Waals surface area contributed by atoms with Crippen molar-refractivity contribution in [2.45, 2.75) is 6.42 Å². The Hall–Kier alpha value is -1.96. The van der Waals surface area contributed by atoms with E-state index in [1.165, 1.54) is 11.3 Å². The number of nitrogens with one attached hydrogen (secondary N) is 1. The van der Waals surface area contributed by atoms with Crippen molar-refractivity contribution in [1.29, 1.82) is 0 Å². The van der Waals surface area contributed by atoms with Crippen LogP contribution in [0.25, 0.3) is 15.7 Å². The highest BCUT2D eigenvalue weighted by molar-refractivity contribution is 7.19. The van der Waals surface area contributed by atoms with Crippen LogP contribution in [0.5, 0.6) is 0 Å². The SMILES string of the molecule is Clc1ccccc1Cc1nnc2sc(-c3[nH]ncc3Cl)nn12. The molecule has 110 valence electrons. The third-order valence-corrected chi connectivity index (χ3v) is 4.74. The molecule has 0 saturated heterocycles. The molecular weight excluding hydrogens is 343 g/mol. The van der Waals surface area contributed by atoms with Crippen LogP contribution in [0, 0.1) is 0 Å². The lowest BCUT2D eigenvalue weighted by Gasteiger charge is -2.00. The topological polar surface area (TPSA) is 71.8 Å². The summed E-state index contributed by atoms with van der Waals surface area (Å²) in [5, 5.41) is 21.5. The van der Waals surface area contributed by atoms with E-state index in [0.717, 1.165) is 11.4 Å². The average Bonchev–Trinajstić information content (AvgIpc) is 3.18. The van der Waals surface area contributed by atoms with E-state index in [2.05, 4.69) is 25.5 Å². The standard InChI is InChI=1S/C13H8Cl2N6S/c14-8-4-2-1-3-7(8)5-10-17-19-13-21(10)20-12(22-13)11-9(15)6-16-18-11/h1-4,6H,5H2,(H,16,18). The molecule has 0 atom stereocenters. The quantitative estimate of drug-likeness (QED) is 0.613. The van der Waals surface area contributed by atoms with Crippen molar-refractivity contribution < 1.29 is 0 Å². The van der Waals surface area contributed by atoms with Gasteiger partial charge in [0.05, 0.1) is 11.2 Å². The Balaban J connectivity index is 1.75. The van der Waals surface area contributed by atoms with E-state index < -0.39 is 0 Å². The van der Waals surface area contributed by atoms with Crippen LogP contribution in [0.2, 0.25) is 10.0 Å². The van der Waals surface area contributed by atoms with Crippen molar-refractivity contribution in [3.8, 4) is 10.7 Å². The van der Waals surface area contributed by atoms with Gasteiger partial charge in [0.2, 0.25) is 4.96 Å². The number of hydrogen-bond donors (Lipinski definition) is 1. The monoisotopic (exact) mass is 350 g/mol. The molecule has 0 saturated carbocycles. The zero-order chi connectivity index (χ0) is 15.1. The first-order valence-corrected chi connectivity index (χ1v) is 7.93. The van der Waals surface area contributed by atoms with Gasteiger partial charge in [-0.15, -0.1) is 10.2 Å². The average molecular weight is 351 g/mol. The fraction of sp³-hybridized carbons (Fsp3) is 0.0769. The van der Waals surface area contributed by atoms with Crippen molar-refractivity contribution in [2.75, 3.05) is 0 Å². The number of aromatic amines is 1. The third-order valence-electron chi connectivity index (χ3n) is 3.17. The second kappa shape index (κ2) is 5.35. The maximum absolute atomic E-state index is 6.19. The molecule has 6 nitrogen and oxygen atoms in total. The Morgan fingerprint density at radius 3 is 2.77 bits per heavy atom. The Morgan fingerprint density at radius 2 is 2.00 bits per heavy atom. The lowest BCUT2D eigenvalue weighted by Crippen LogP contribution is -1.98. The highest BCUT2D eigenvalue weighted by Crippen LogP contribution is 2.29. The fourth-order valence-corrected chi connectivity index (χ4v) is 3.41. The molecule has 3 heterocycles. The largest absolute Gasteiger partial charge is 0.274 e. The van der Waals surface area contributed by atoms with E-state index in [4.69, 9.17) is 23.2 Å². The van der Waals surface area contributed by atoms with Crippen LogP contribution in [0.1, 0.15) is 11.4 Å². The molecule has 4 rings (SSSR count). The molecule has 3 aromatic heterocycles. The molecular formula is C13H8Cl2N6S. The number of benzene rings is 1. The molecule has 0 aliphatic rings. The summed E-state index contributed by atoms with van der Waals surface area (Å²) in [5.74, 6) is 0.723. The van der Waals surface area contributed by atoms with Crippen LogP contribution in [-0.2, 0) is 6.42 Å². The van der Waals surface area contributed by atoms with Crippen LogP contribution in [-0.4, -0.2) is 30.0 Å². The zero-order valence-corrected chi connectivity index (χ0v) is 13.3. The maximum atomic E-state index is 6.19. The Morgan fingerprint density at radius 1 is 1.14 bits per heavy atom. The van der Waals surface area contributed by atoms with Crippen molar-refractivity contribution in [2.24, 2.45) is 0 Å². The maximum Gasteiger partial charge on any atom is 0.235 e. The van der Waals surface area contributed by atoms with Crippen molar-refractivity contribution in [3.05, 3.63) is 51.9 Å². The lowest BCUT2D eigenvalue weighted by atomic mass is 10.1. The van der Waals surface area contributed by atoms with Crippen molar-refractivity contribution in [3.63, 3.8) is 0 Å². The van der Waals surface area contributed by atoms with Crippen LogP contribution < -0.4 is 0 Å². The van der Waals surface area contributed by atoms with Gasteiger partial charge in [-0.3, -0.25) is 5.10 Å². The second-order valence-corrected chi connectivity index (χ2v) is 6.35. The number of H-pyrrole nitrogens is 1. The minimum atomic E-state index is 0.526. The van der Waals surface area contributed by atoms with Crippen molar-refractivity contribution >= 4 is 39.5 Å². The smallest absolute Gasteiger partial charge is 0.235 e. The minimum absolute atomic E-state index is 0.526. The van der Waals surface area contributed by atoms with E-state index in [0.29, 0.717) is 32.1 Å². The van der Waals surface area contributed by atoms with E-state index in [1.54, 1.807) is 10.7 Å². The van der Waals surface area contributed by atoms with E-state index in [-0.39, 0.29) is 0 Å². The second-order valence-electron chi connectivity index (χ2n) is 4.58. The van der Waals surface area contributed by atoms with Gasteiger partial charge in [0, 0.05) is 11.4 Å². The molecule has 0 aliphatic heterocycles. The third kappa shape index (κ3) is 2.27. The summed E-state index contributed by atoms with van der Waals surface area (Å²) in [6.45, 7) is 0. The Labute approximate surface area is 138 Å². The predicted molar refractivity (Wildman–Crippen MR) is 85.5 cm³/mol. The molecule has 9 heteroatoms. The van der Waals surface area contributed by atoms with Gasteiger partial charge in [0.25, 0.3) is 0 Å². The molecule has 0 fully saturated rings. The van der Waals surface area contributed by atoms with Crippen LogP contribution >= 0.6 is 34.5 Å². The minimum Gasteiger partial charge on any atom is -0.274 e. The van der Waals surface area contributed by atoms with Crippen LogP contribution in [0.3, 0.4) is 0 Å². The van der Waals surface area contributed by atoms with Gasteiger partial charge < -0.3 is 0 Å². The number of nitrogens with zero attached hydrogens (tertiary/aromatic N) is 5. The molecule has 0 aliphatic carbocycles. The first-order valence-electron chi connectivity index (χ1n) is 6.36. The molecule has 1 N–H and O–H groups in total. The summed E-state index contributed by atoms with van der Waals surface area (Å²) in [6.07, 6.45) is 2.10. The first-order chi connectivity index (χ1) is 10.7. The van der Waals surface area contributed by atoms with Gasteiger partial charge in [0.15, 0.2) is 10.8 Å². The number of fused-ring (bicyclic) bond motifs is 1. The summed E-state index contributed by atoms with van der Waals surface area (Å²) in [6, 6.07) is 7.65. The van der Waals surface area contributed by atoms with Gasteiger partial charge in [-0.25, -0.2) is 0 Å². The van der Waals surface area contributed by atoms with Gasteiger partial charge in [-0.1, -0.05) is 52.7 Å². The van der Waals surface area contributed by atoms with Gasteiger partial charge in [0.1, 0.15) is 5.69 Å². The zero-order valence-electron chi connectivity index (χ0n) is 11.0.